The van der Waals surface area contributed by atoms with E-state index >= 15 is 0 Å². The molecule has 0 saturated heterocycles. The van der Waals surface area contributed by atoms with E-state index in [1.165, 1.54) is 47.0 Å². The summed E-state index contributed by atoms with van der Waals surface area (Å²) in [6, 6.07) is 1.88. The van der Waals surface area contributed by atoms with Crippen molar-refractivity contribution in [3.8, 4) is 11.5 Å². The molecule has 1 aromatic carbocycles. The Balaban J connectivity index is 2.30. The molecule has 2 rings (SSSR count). The van der Waals surface area contributed by atoms with Crippen LogP contribution in [0.4, 0.5) is 0 Å². The Kier molecular flexibility index (Phi) is 8.38. The molecular formula is C21H32O6. The molecule has 0 amide bonds. The van der Waals surface area contributed by atoms with Gasteiger partial charge in [0.05, 0.1) is 33.0 Å². The van der Waals surface area contributed by atoms with Crippen molar-refractivity contribution in [2.75, 3.05) is 28.4 Å². The standard InChI is InChI=1S/C21H32O6/c1-6-7-8-9-10-11-15-12-14-13-16(23-2)18(20(22)25-4)19(24-3)17(14)21(26-5)27-15/h13,15,21H,6-12H2,1-5H3/t15-,21-/m0/s1. The first kappa shape index (κ1) is 21.5. The molecule has 6 heteroatoms. The smallest absolute Gasteiger partial charge is 0.345 e. The van der Waals surface area contributed by atoms with Gasteiger partial charge in [0.1, 0.15) is 17.1 Å². The minimum atomic E-state index is -0.585. The van der Waals surface area contributed by atoms with Crippen LogP contribution in [0.2, 0.25) is 0 Å². The summed E-state index contributed by atoms with van der Waals surface area (Å²) in [4.78, 5) is 12.3. The summed E-state index contributed by atoms with van der Waals surface area (Å²) in [6.07, 6.45) is 7.32. The lowest BCUT2D eigenvalue weighted by atomic mass is 9.91. The maximum atomic E-state index is 12.3. The minimum Gasteiger partial charge on any atom is -0.496 e. The monoisotopic (exact) mass is 380 g/mol. The fourth-order valence-corrected chi connectivity index (χ4v) is 3.65. The number of fused-ring (bicyclic) bond motifs is 1. The molecule has 0 aromatic heterocycles. The van der Waals surface area contributed by atoms with E-state index in [9.17, 15) is 4.79 Å². The van der Waals surface area contributed by atoms with Crippen molar-refractivity contribution in [2.24, 2.45) is 0 Å². The fourth-order valence-electron chi connectivity index (χ4n) is 3.65. The van der Waals surface area contributed by atoms with E-state index in [2.05, 4.69) is 6.92 Å². The van der Waals surface area contributed by atoms with E-state index in [4.69, 9.17) is 23.7 Å². The number of benzene rings is 1. The number of hydrogen-bond donors (Lipinski definition) is 0. The van der Waals surface area contributed by atoms with Crippen molar-refractivity contribution in [1.29, 1.82) is 0 Å². The number of esters is 1. The van der Waals surface area contributed by atoms with E-state index in [0.717, 1.165) is 30.4 Å². The van der Waals surface area contributed by atoms with Crippen LogP contribution >= 0.6 is 0 Å². The fraction of sp³-hybridized carbons (Fsp3) is 0.667. The van der Waals surface area contributed by atoms with Gasteiger partial charge in [-0.2, -0.15) is 0 Å². The predicted molar refractivity (Wildman–Crippen MR) is 103 cm³/mol. The van der Waals surface area contributed by atoms with Gasteiger partial charge in [0.15, 0.2) is 6.29 Å². The molecule has 1 heterocycles. The molecule has 0 saturated carbocycles. The van der Waals surface area contributed by atoms with E-state index in [-0.39, 0.29) is 11.7 Å². The average molecular weight is 380 g/mol. The molecule has 0 N–H and O–H groups in total. The quantitative estimate of drug-likeness (QED) is 0.442. The first-order valence-electron chi connectivity index (χ1n) is 9.65. The first-order chi connectivity index (χ1) is 13.1. The summed E-state index contributed by atoms with van der Waals surface area (Å²) in [5.74, 6) is 0.319. The lowest BCUT2D eigenvalue weighted by molar-refractivity contribution is -0.170. The van der Waals surface area contributed by atoms with Crippen molar-refractivity contribution >= 4 is 5.97 Å². The van der Waals surface area contributed by atoms with E-state index in [1.807, 2.05) is 6.07 Å². The Morgan fingerprint density at radius 2 is 1.85 bits per heavy atom. The molecule has 0 fully saturated rings. The Morgan fingerprint density at radius 1 is 1.11 bits per heavy atom. The van der Waals surface area contributed by atoms with Gasteiger partial charge in [0.25, 0.3) is 0 Å². The highest BCUT2D eigenvalue weighted by Gasteiger charge is 2.35. The van der Waals surface area contributed by atoms with Crippen molar-refractivity contribution in [3.63, 3.8) is 0 Å². The van der Waals surface area contributed by atoms with Crippen LogP contribution < -0.4 is 9.47 Å². The summed E-state index contributed by atoms with van der Waals surface area (Å²) in [5.41, 5.74) is 2.02. The van der Waals surface area contributed by atoms with Crippen LogP contribution in [0.1, 0.15) is 73.2 Å². The minimum absolute atomic E-state index is 0.0717. The first-order valence-corrected chi connectivity index (χ1v) is 9.65. The van der Waals surface area contributed by atoms with Crippen molar-refractivity contribution in [1.82, 2.24) is 0 Å². The Labute approximate surface area is 162 Å². The predicted octanol–water partition coefficient (Wildman–Crippen LogP) is 4.44. The SMILES string of the molecule is CCCCCCC[C@H]1Cc2cc(OC)c(C(=O)OC)c(OC)c2[C@@H](OC)O1. The van der Waals surface area contributed by atoms with Crippen LogP contribution in [0.5, 0.6) is 11.5 Å². The molecule has 6 nitrogen and oxygen atoms in total. The molecule has 1 aliphatic rings. The van der Waals surface area contributed by atoms with Gasteiger partial charge in [-0.1, -0.05) is 39.0 Å². The van der Waals surface area contributed by atoms with Crippen LogP contribution in [0.25, 0.3) is 0 Å². The third kappa shape index (κ3) is 4.93. The number of rotatable bonds is 10. The Hall–Kier alpha value is -1.79. The molecule has 0 aliphatic carbocycles. The van der Waals surface area contributed by atoms with Crippen LogP contribution in [0, 0.1) is 0 Å². The third-order valence-corrected chi connectivity index (χ3v) is 5.03. The number of unbranched alkanes of at least 4 members (excludes halogenated alkanes) is 4. The topological polar surface area (TPSA) is 63.2 Å². The maximum absolute atomic E-state index is 12.3. The maximum Gasteiger partial charge on any atom is 0.345 e. The molecular weight excluding hydrogens is 348 g/mol. The second-order valence-corrected chi connectivity index (χ2v) is 6.78. The second-order valence-electron chi connectivity index (χ2n) is 6.78. The molecule has 2 atom stereocenters. The van der Waals surface area contributed by atoms with Crippen LogP contribution in [0.15, 0.2) is 6.07 Å². The highest BCUT2D eigenvalue weighted by Crippen LogP contribution is 2.44. The largest absolute Gasteiger partial charge is 0.496 e. The van der Waals surface area contributed by atoms with Gasteiger partial charge >= 0.3 is 5.97 Å². The zero-order chi connectivity index (χ0) is 19.8. The number of methoxy groups -OCH3 is 4. The number of carbonyl (C=O) groups excluding carboxylic acids is 1. The number of hydrogen-bond acceptors (Lipinski definition) is 6. The van der Waals surface area contributed by atoms with Gasteiger partial charge in [-0.05, 0) is 24.5 Å². The Morgan fingerprint density at radius 3 is 2.44 bits per heavy atom. The lowest BCUT2D eigenvalue weighted by Crippen LogP contribution is -2.28. The van der Waals surface area contributed by atoms with Gasteiger partial charge in [0.2, 0.25) is 0 Å². The van der Waals surface area contributed by atoms with Crippen molar-refractivity contribution in [3.05, 3.63) is 22.8 Å². The lowest BCUT2D eigenvalue weighted by Gasteiger charge is -2.33. The molecule has 0 bridgehead atoms. The Bertz CT molecular complexity index is 628. The number of carbonyl (C=O) groups is 1. The highest BCUT2D eigenvalue weighted by atomic mass is 16.7. The highest BCUT2D eigenvalue weighted by molar-refractivity contribution is 5.96. The molecule has 0 unspecified atom stereocenters. The summed E-state index contributed by atoms with van der Waals surface area (Å²) in [6.45, 7) is 2.22. The zero-order valence-corrected chi connectivity index (χ0v) is 17.1. The summed E-state index contributed by atoms with van der Waals surface area (Å²) in [5, 5.41) is 0. The van der Waals surface area contributed by atoms with Gasteiger partial charge in [-0.3, -0.25) is 0 Å². The van der Waals surface area contributed by atoms with Gasteiger partial charge in [-0.25, -0.2) is 4.79 Å². The molecule has 152 valence electrons. The summed E-state index contributed by atoms with van der Waals surface area (Å²) in [7, 11) is 5.99. The molecule has 1 aliphatic heterocycles. The van der Waals surface area contributed by atoms with E-state index in [1.54, 1.807) is 7.11 Å². The average Bonchev–Trinajstić information content (AvgIpc) is 2.70. The summed E-state index contributed by atoms with van der Waals surface area (Å²) < 4.78 is 27.7. The van der Waals surface area contributed by atoms with Gasteiger partial charge < -0.3 is 23.7 Å². The van der Waals surface area contributed by atoms with E-state index < -0.39 is 12.3 Å². The summed E-state index contributed by atoms with van der Waals surface area (Å²) >= 11 is 0. The normalized spacial score (nSPS) is 18.7. The van der Waals surface area contributed by atoms with Crippen molar-refractivity contribution < 1.29 is 28.5 Å². The van der Waals surface area contributed by atoms with Crippen LogP contribution in [0.3, 0.4) is 0 Å². The molecule has 27 heavy (non-hydrogen) atoms. The number of ether oxygens (including phenoxy) is 5. The molecule has 0 spiro atoms. The second kappa shape index (κ2) is 10.5. The van der Waals surface area contributed by atoms with Crippen molar-refractivity contribution in [2.45, 2.75) is 64.3 Å². The van der Waals surface area contributed by atoms with Gasteiger partial charge in [0, 0.05) is 7.11 Å². The van der Waals surface area contributed by atoms with Crippen LogP contribution in [-0.4, -0.2) is 40.5 Å². The zero-order valence-electron chi connectivity index (χ0n) is 17.1. The van der Waals surface area contributed by atoms with E-state index in [0.29, 0.717) is 11.5 Å². The molecule has 1 aromatic rings. The molecule has 0 radical (unpaired) electrons. The van der Waals surface area contributed by atoms with Gasteiger partial charge in [-0.15, -0.1) is 0 Å². The van der Waals surface area contributed by atoms with Crippen LogP contribution in [-0.2, 0) is 20.6 Å². The third-order valence-electron chi connectivity index (χ3n) is 5.03.